The summed E-state index contributed by atoms with van der Waals surface area (Å²) >= 11 is 0. The molecule has 0 radical (unpaired) electrons. The number of H-pyrrole nitrogens is 1. The molecule has 6 atom stereocenters. The number of fused-ring (bicyclic) bond motifs is 1. The van der Waals surface area contributed by atoms with Crippen LogP contribution >= 0.6 is 0 Å². The summed E-state index contributed by atoms with van der Waals surface area (Å²) < 4.78 is 0. The van der Waals surface area contributed by atoms with Gasteiger partial charge < -0.3 is 31.4 Å². The number of nitrogens with one attached hydrogen (secondary N) is 3. The molecule has 0 spiro atoms. The Morgan fingerprint density at radius 3 is 2.39 bits per heavy atom. The predicted molar refractivity (Wildman–Crippen MR) is 145 cm³/mol. The van der Waals surface area contributed by atoms with Gasteiger partial charge >= 0.3 is 5.97 Å². The topological polar surface area (TPSA) is 158 Å². The van der Waals surface area contributed by atoms with Gasteiger partial charge in [-0.2, -0.15) is 0 Å². The van der Waals surface area contributed by atoms with Gasteiger partial charge in [0, 0.05) is 23.6 Å². The third-order valence-corrected chi connectivity index (χ3v) is 7.84. The van der Waals surface area contributed by atoms with Crippen LogP contribution < -0.4 is 16.4 Å². The number of carbonyl (C=O) groups is 4. The van der Waals surface area contributed by atoms with E-state index in [-0.39, 0.29) is 17.7 Å². The molecule has 3 rings (SSSR count). The van der Waals surface area contributed by atoms with E-state index >= 15 is 0 Å². The maximum atomic E-state index is 13.4. The fourth-order valence-electron chi connectivity index (χ4n) is 5.02. The highest BCUT2D eigenvalue weighted by Crippen LogP contribution is 2.23. The minimum atomic E-state index is -1.11. The number of aromatic amines is 1. The van der Waals surface area contributed by atoms with Gasteiger partial charge in [0.1, 0.15) is 18.1 Å². The maximum Gasteiger partial charge on any atom is 0.326 e. The summed E-state index contributed by atoms with van der Waals surface area (Å²) in [5.41, 5.74) is 8.23. The van der Waals surface area contributed by atoms with Gasteiger partial charge in [0.2, 0.25) is 17.7 Å². The maximum absolute atomic E-state index is 13.4. The summed E-state index contributed by atoms with van der Waals surface area (Å²) in [6, 6.07) is 4.27. The first-order valence-corrected chi connectivity index (χ1v) is 13.5. The molecule has 6 N–H and O–H groups in total. The molecular formula is C28H41N5O5. The number of benzene rings is 1. The molecule has 6 unspecified atom stereocenters. The molecule has 10 heteroatoms. The quantitative estimate of drug-likeness (QED) is 0.285. The lowest BCUT2D eigenvalue weighted by atomic mass is 9.95. The highest BCUT2D eigenvalue weighted by Gasteiger charge is 2.39. The van der Waals surface area contributed by atoms with E-state index in [2.05, 4.69) is 15.6 Å². The van der Waals surface area contributed by atoms with E-state index in [9.17, 15) is 24.3 Å². The number of nitrogens with two attached hydrogens (primary N) is 1. The molecule has 38 heavy (non-hydrogen) atoms. The van der Waals surface area contributed by atoms with Crippen molar-refractivity contribution in [2.75, 3.05) is 6.54 Å². The third kappa shape index (κ3) is 6.53. The van der Waals surface area contributed by atoms with Gasteiger partial charge in [0.25, 0.3) is 0 Å². The molecule has 2 heterocycles. The van der Waals surface area contributed by atoms with Crippen LogP contribution in [0.1, 0.15) is 58.9 Å². The summed E-state index contributed by atoms with van der Waals surface area (Å²) in [4.78, 5) is 56.3. The molecule has 1 aromatic heterocycles. The van der Waals surface area contributed by atoms with E-state index in [1.165, 1.54) is 4.90 Å². The van der Waals surface area contributed by atoms with Crippen molar-refractivity contribution in [3.63, 3.8) is 0 Å². The van der Waals surface area contributed by atoms with Crippen molar-refractivity contribution >= 4 is 34.6 Å². The van der Waals surface area contributed by atoms with E-state index in [0.717, 1.165) is 16.5 Å². The van der Waals surface area contributed by atoms with Crippen molar-refractivity contribution in [1.29, 1.82) is 0 Å². The van der Waals surface area contributed by atoms with E-state index in [0.29, 0.717) is 38.6 Å². The molecule has 0 saturated carbocycles. The summed E-state index contributed by atoms with van der Waals surface area (Å²) in [6.07, 6.45) is 4.48. The lowest BCUT2D eigenvalue weighted by Crippen LogP contribution is -2.59. The van der Waals surface area contributed by atoms with Crippen molar-refractivity contribution < 1.29 is 24.3 Å². The molecule has 1 aliphatic rings. The number of hydrogen-bond donors (Lipinski definition) is 5. The van der Waals surface area contributed by atoms with Crippen LogP contribution in [0.2, 0.25) is 0 Å². The fraction of sp³-hybridized carbons (Fsp3) is 0.571. The van der Waals surface area contributed by atoms with Crippen molar-refractivity contribution in [1.82, 2.24) is 20.5 Å². The monoisotopic (exact) mass is 527 g/mol. The van der Waals surface area contributed by atoms with Gasteiger partial charge in [-0.25, -0.2) is 4.79 Å². The summed E-state index contributed by atoms with van der Waals surface area (Å²) in [7, 11) is 0. The predicted octanol–water partition coefficient (Wildman–Crippen LogP) is 2.18. The number of amides is 3. The molecule has 208 valence electrons. The second-order valence-electron chi connectivity index (χ2n) is 10.4. The molecule has 2 aromatic rings. The zero-order valence-electron chi connectivity index (χ0n) is 22.7. The van der Waals surface area contributed by atoms with Crippen LogP contribution in [0, 0.1) is 11.8 Å². The number of hydrogen-bond acceptors (Lipinski definition) is 5. The van der Waals surface area contributed by atoms with Crippen LogP contribution in [0.5, 0.6) is 0 Å². The number of carboxylic acid groups (broad SMARTS) is 1. The van der Waals surface area contributed by atoms with Crippen molar-refractivity contribution in [3.05, 3.63) is 36.0 Å². The van der Waals surface area contributed by atoms with Crippen LogP contribution in [0.25, 0.3) is 10.9 Å². The number of carbonyl (C=O) groups excluding carboxylic acids is 3. The Kier molecular flexibility index (Phi) is 9.90. The standard InChI is InChI=1S/C28H41N5O5/c1-5-16(3)23(26(35)32-24(28(37)38)17(4)6-2)31-25(34)22-12-9-13-33(22)27(36)20(29)14-18-15-30-21-11-8-7-10-19(18)21/h7-8,10-11,15-17,20,22-24,30H,5-6,9,12-14,29H2,1-4H3,(H,31,34)(H,32,35)(H,37,38). The minimum Gasteiger partial charge on any atom is -0.480 e. The second kappa shape index (κ2) is 12.9. The number of para-hydroxylation sites is 1. The Hall–Kier alpha value is -3.40. The van der Waals surface area contributed by atoms with Gasteiger partial charge in [-0.05, 0) is 42.7 Å². The second-order valence-corrected chi connectivity index (χ2v) is 10.4. The molecule has 0 bridgehead atoms. The minimum absolute atomic E-state index is 0.236. The molecular weight excluding hydrogens is 486 g/mol. The van der Waals surface area contributed by atoms with Crippen molar-refractivity contribution in [2.45, 2.75) is 84.0 Å². The zero-order valence-corrected chi connectivity index (χ0v) is 22.7. The van der Waals surface area contributed by atoms with Gasteiger partial charge in [-0.15, -0.1) is 0 Å². The van der Waals surface area contributed by atoms with Gasteiger partial charge in [-0.3, -0.25) is 14.4 Å². The molecule has 1 aliphatic heterocycles. The lowest BCUT2D eigenvalue weighted by molar-refractivity contribution is -0.144. The van der Waals surface area contributed by atoms with Crippen LogP contribution in [0.15, 0.2) is 30.5 Å². The van der Waals surface area contributed by atoms with Crippen molar-refractivity contribution in [2.24, 2.45) is 17.6 Å². The Balaban J connectivity index is 1.70. The fourth-order valence-corrected chi connectivity index (χ4v) is 5.02. The number of aromatic nitrogens is 1. The Morgan fingerprint density at radius 2 is 1.74 bits per heavy atom. The molecule has 10 nitrogen and oxygen atoms in total. The number of likely N-dealkylation sites (tertiary alicyclic amines) is 1. The number of rotatable bonds is 12. The Morgan fingerprint density at radius 1 is 1.08 bits per heavy atom. The molecule has 1 fully saturated rings. The van der Waals surface area contributed by atoms with Crippen LogP contribution in [0.3, 0.4) is 0 Å². The number of nitrogens with zero attached hydrogens (tertiary/aromatic N) is 1. The van der Waals surface area contributed by atoms with Crippen LogP contribution in [0.4, 0.5) is 0 Å². The highest BCUT2D eigenvalue weighted by atomic mass is 16.4. The van der Waals surface area contributed by atoms with E-state index in [4.69, 9.17) is 5.73 Å². The first-order valence-electron chi connectivity index (χ1n) is 13.5. The lowest BCUT2D eigenvalue weighted by Gasteiger charge is -2.31. The smallest absolute Gasteiger partial charge is 0.326 e. The molecule has 1 saturated heterocycles. The van der Waals surface area contributed by atoms with E-state index in [1.54, 1.807) is 6.92 Å². The van der Waals surface area contributed by atoms with Crippen molar-refractivity contribution in [3.8, 4) is 0 Å². The van der Waals surface area contributed by atoms with E-state index < -0.39 is 42.0 Å². The Labute approximate surface area is 223 Å². The van der Waals surface area contributed by atoms with Crippen LogP contribution in [-0.2, 0) is 25.6 Å². The summed E-state index contributed by atoms with van der Waals surface area (Å²) in [6.45, 7) is 7.76. The number of carboxylic acids is 1. The number of aliphatic carboxylic acids is 1. The van der Waals surface area contributed by atoms with E-state index in [1.807, 2.05) is 51.2 Å². The SMILES string of the molecule is CCC(C)C(NC(=O)C(NC(=O)C1CCCN1C(=O)C(N)Cc1c[nH]c2ccccc12)C(C)CC)C(=O)O. The first-order chi connectivity index (χ1) is 18.1. The van der Waals surface area contributed by atoms with Gasteiger partial charge in [0.05, 0.1) is 6.04 Å². The molecule has 3 amide bonds. The third-order valence-electron chi connectivity index (χ3n) is 7.84. The average molecular weight is 528 g/mol. The average Bonchev–Trinajstić information content (AvgIpc) is 3.56. The Bertz CT molecular complexity index is 1150. The van der Waals surface area contributed by atoms with Crippen LogP contribution in [-0.4, -0.2) is 69.4 Å². The summed E-state index contributed by atoms with van der Waals surface area (Å²) in [5, 5.41) is 16.0. The van der Waals surface area contributed by atoms with Gasteiger partial charge in [0.15, 0.2) is 0 Å². The molecule has 1 aromatic carbocycles. The zero-order chi connectivity index (χ0) is 28.0. The first kappa shape index (κ1) is 29.2. The highest BCUT2D eigenvalue weighted by molar-refractivity contribution is 5.95. The molecule has 0 aliphatic carbocycles. The van der Waals surface area contributed by atoms with Gasteiger partial charge in [-0.1, -0.05) is 58.7 Å². The summed E-state index contributed by atoms with van der Waals surface area (Å²) in [5.74, 6) is -2.89. The largest absolute Gasteiger partial charge is 0.480 e. The normalized spacial score (nSPS) is 19.4.